The quantitative estimate of drug-likeness (QED) is 0.443. The summed E-state index contributed by atoms with van der Waals surface area (Å²) in [5, 5.41) is 0. The van der Waals surface area contributed by atoms with Gasteiger partial charge in [-0.2, -0.15) is 0 Å². The van der Waals surface area contributed by atoms with Crippen LogP contribution in [0.25, 0.3) is 0 Å². The van der Waals surface area contributed by atoms with E-state index in [1.54, 1.807) is 6.92 Å². The van der Waals surface area contributed by atoms with Gasteiger partial charge in [0.05, 0.1) is 0 Å². The minimum atomic E-state index is -2.11. The summed E-state index contributed by atoms with van der Waals surface area (Å²) in [6.07, 6.45) is 0.0471. The van der Waals surface area contributed by atoms with Crippen molar-refractivity contribution in [2.75, 3.05) is 5.75 Å². The molecule has 0 aromatic carbocycles. The Hall–Kier alpha value is -0.480. The Morgan fingerprint density at radius 3 is 2.50 bits per heavy atom. The smallest absolute Gasteiger partial charge is 0.158 e. The van der Waals surface area contributed by atoms with E-state index in [0.717, 1.165) is 0 Å². The van der Waals surface area contributed by atoms with Crippen LogP contribution in [-0.4, -0.2) is 20.3 Å². The third kappa shape index (κ3) is 4.40. The van der Waals surface area contributed by atoms with Gasteiger partial charge in [0.25, 0.3) is 0 Å². The van der Waals surface area contributed by atoms with Gasteiger partial charge in [0.2, 0.25) is 0 Å². The monoisotopic (exact) mass is 161 g/mol. The zero-order valence-corrected chi connectivity index (χ0v) is 6.57. The molecule has 0 aliphatic rings. The number of hydrogen-bond acceptors (Lipinski definition) is 3. The number of ketones is 1. The van der Waals surface area contributed by atoms with E-state index in [1.165, 1.54) is 0 Å². The summed E-state index contributed by atoms with van der Waals surface area (Å²) in [5.41, 5.74) is 0.408. The average Bonchev–Trinajstić information content (AvgIpc) is 1.82. The fourth-order valence-corrected chi connectivity index (χ4v) is 0.741. The number of rotatable bonds is 4. The standard InChI is InChI=1S/C6H10O3S/c1-5(2)6(7)3-4-10(8)9/h1,3-4H2,2H3,(H,8,9)/p-1. The Morgan fingerprint density at radius 1 is 1.70 bits per heavy atom. The molecule has 1 atom stereocenters. The van der Waals surface area contributed by atoms with E-state index < -0.39 is 11.1 Å². The third-order valence-electron chi connectivity index (χ3n) is 0.972. The number of carbonyl (C=O) groups is 1. The Bertz CT molecular complexity index is 174. The summed E-state index contributed by atoms with van der Waals surface area (Å²) in [4.78, 5) is 10.7. The van der Waals surface area contributed by atoms with Crippen LogP contribution in [0, 0.1) is 0 Å². The van der Waals surface area contributed by atoms with Crippen molar-refractivity contribution >= 4 is 16.9 Å². The maximum absolute atomic E-state index is 10.7. The molecule has 0 amide bonds. The van der Waals surface area contributed by atoms with E-state index in [4.69, 9.17) is 0 Å². The van der Waals surface area contributed by atoms with Gasteiger partial charge in [-0.3, -0.25) is 9.00 Å². The van der Waals surface area contributed by atoms with Crippen molar-refractivity contribution in [3.05, 3.63) is 12.2 Å². The summed E-state index contributed by atoms with van der Waals surface area (Å²) in [6, 6.07) is 0. The first-order chi connectivity index (χ1) is 4.54. The molecule has 1 unspecified atom stereocenters. The molecule has 0 bridgehead atoms. The molecular formula is C6H9O3S-. The largest absolute Gasteiger partial charge is 0.772 e. The topological polar surface area (TPSA) is 57.2 Å². The van der Waals surface area contributed by atoms with E-state index >= 15 is 0 Å². The molecule has 0 saturated carbocycles. The molecule has 0 fully saturated rings. The normalized spacial score (nSPS) is 12.6. The number of carbonyl (C=O) groups excluding carboxylic acids is 1. The molecule has 0 radical (unpaired) electrons. The molecule has 0 aliphatic carbocycles. The van der Waals surface area contributed by atoms with Gasteiger partial charge in [-0.1, -0.05) is 17.7 Å². The van der Waals surface area contributed by atoms with Crippen LogP contribution in [0.5, 0.6) is 0 Å². The van der Waals surface area contributed by atoms with Gasteiger partial charge in [-0.15, -0.1) is 0 Å². The highest BCUT2D eigenvalue weighted by Crippen LogP contribution is 1.95. The molecule has 0 heterocycles. The highest BCUT2D eigenvalue weighted by molar-refractivity contribution is 7.79. The lowest BCUT2D eigenvalue weighted by Gasteiger charge is -2.02. The average molecular weight is 161 g/mol. The van der Waals surface area contributed by atoms with Crippen molar-refractivity contribution in [2.45, 2.75) is 13.3 Å². The SMILES string of the molecule is C=C(C)C(=O)CCS(=O)[O-]. The van der Waals surface area contributed by atoms with Gasteiger partial charge >= 0.3 is 0 Å². The molecule has 0 aromatic heterocycles. The van der Waals surface area contributed by atoms with Gasteiger partial charge in [-0.05, 0) is 12.5 Å². The van der Waals surface area contributed by atoms with E-state index in [9.17, 15) is 13.6 Å². The Morgan fingerprint density at radius 2 is 2.20 bits per heavy atom. The van der Waals surface area contributed by atoms with E-state index in [-0.39, 0.29) is 18.0 Å². The summed E-state index contributed by atoms with van der Waals surface area (Å²) in [6.45, 7) is 4.95. The lowest BCUT2D eigenvalue weighted by Crippen LogP contribution is -2.05. The second-order valence-corrected chi connectivity index (χ2v) is 2.98. The van der Waals surface area contributed by atoms with Crippen molar-refractivity contribution in [1.29, 1.82) is 0 Å². The summed E-state index contributed by atoms with van der Waals surface area (Å²) < 4.78 is 19.9. The molecule has 0 spiro atoms. The van der Waals surface area contributed by atoms with E-state index in [1.807, 2.05) is 0 Å². The molecule has 4 heteroatoms. The molecule has 0 rings (SSSR count). The Labute approximate surface area is 62.4 Å². The van der Waals surface area contributed by atoms with Gasteiger partial charge in [0.1, 0.15) is 0 Å². The Balaban J connectivity index is 3.60. The summed E-state index contributed by atoms with van der Waals surface area (Å²) in [7, 11) is 0. The van der Waals surface area contributed by atoms with Crippen molar-refractivity contribution in [3.8, 4) is 0 Å². The molecule has 10 heavy (non-hydrogen) atoms. The maximum Gasteiger partial charge on any atom is 0.158 e. The molecule has 0 N–H and O–H groups in total. The van der Waals surface area contributed by atoms with Gasteiger partial charge in [-0.25, -0.2) is 0 Å². The second kappa shape index (κ2) is 4.35. The molecule has 0 aliphatic heterocycles. The van der Waals surface area contributed by atoms with E-state index in [2.05, 4.69) is 6.58 Å². The van der Waals surface area contributed by atoms with E-state index in [0.29, 0.717) is 5.57 Å². The van der Waals surface area contributed by atoms with Crippen molar-refractivity contribution < 1.29 is 13.6 Å². The molecular weight excluding hydrogens is 152 g/mol. The third-order valence-corrected chi connectivity index (χ3v) is 1.51. The minimum absolute atomic E-state index is 0.0471. The van der Waals surface area contributed by atoms with Crippen molar-refractivity contribution in [2.24, 2.45) is 0 Å². The lowest BCUT2D eigenvalue weighted by atomic mass is 10.2. The Kier molecular flexibility index (Phi) is 4.14. The van der Waals surface area contributed by atoms with Gasteiger partial charge < -0.3 is 4.55 Å². The fraction of sp³-hybridized carbons (Fsp3) is 0.500. The summed E-state index contributed by atoms with van der Waals surface area (Å²) in [5.74, 6) is -0.296. The number of Topliss-reactive ketones (excluding diaryl/α,β-unsaturated/α-hetero) is 1. The lowest BCUT2D eigenvalue weighted by molar-refractivity contribution is -0.115. The zero-order valence-electron chi connectivity index (χ0n) is 5.75. The van der Waals surface area contributed by atoms with Crippen molar-refractivity contribution in [1.82, 2.24) is 0 Å². The number of allylic oxidation sites excluding steroid dienone is 1. The number of hydrogen-bond donors (Lipinski definition) is 0. The van der Waals surface area contributed by atoms with Gasteiger partial charge in [0, 0.05) is 12.2 Å². The predicted octanol–water partition coefficient (Wildman–Crippen LogP) is 0.401. The van der Waals surface area contributed by atoms with Crippen LogP contribution in [0.1, 0.15) is 13.3 Å². The first-order valence-corrected chi connectivity index (χ1v) is 4.03. The van der Waals surface area contributed by atoms with Gasteiger partial charge in [0.15, 0.2) is 5.78 Å². The van der Waals surface area contributed by atoms with Crippen LogP contribution in [0.3, 0.4) is 0 Å². The highest BCUT2D eigenvalue weighted by atomic mass is 32.2. The predicted molar refractivity (Wildman–Crippen MR) is 38.2 cm³/mol. The van der Waals surface area contributed by atoms with Crippen LogP contribution in [-0.2, 0) is 15.9 Å². The van der Waals surface area contributed by atoms with Crippen LogP contribution >= 0.6 is 0 Å². The highest BCUT2D eigenvalue weighted by Gasteiger charge is 2.00. The summed E-state index contributed by atoms with van der Waals surface area (Å²) >= 11 is -2.11. The molecule has 0 saturated heterocycles. The second-order valence-electron chi connectivity index (χ2n) is 1.96. The minimum Gasteiger partial charge on any atom is -0.772 e. The first-order valence-electron chi connectivity index (χ1n) is 2.78. The van der Waals surface area contributed by atoms with Crippen LogP contribution < -0.4 is 0 Å². The molecule has 3 nitrogen and oxygen atoms in total. The molecule has 0 aromatic rings. The molecule has 58 valence electrons. The zero-order chi connectivity index (χ0) is 8.15. The van der Waals surface area contributed by atoms with Crippen LogP contribution in [0.15, 0.2) is 12.2 Å². The maximum atomic E-state index is 10.7. The first kappa shape index (κ1) is 9.52. The van der Waals surface area contributed by atoms with Crippen molar-refractivity contribution in [3.63, 3.8) is 0 Å². The van der Waals surface area contributed by atoms with Crippen LogP contribution in [0.2, 0.25) is 0 Å². The van der Waals surface area contributed by atoms with Crippen LogP contribution in [0.4, 0.5) is 0 Å². The fourth-order valence-electron chi connectivity index (χ4n) is 0.389.